The van der Waals surface area contributed by atoms with Gasteiger partial charge in [-0.05, 0) is 37.1 Å². The van der Waals surface area contributed by atoms with Gasteiger partial charge >= 0.3 is 0 Å². The molecule has 2 aromatic rings. The highest BCUT2D eigenvalue weighted by atomic mass is 16.7. The van der Waals surface area contributed by atoms with E-state index in [0.29, 0.717) is 12.8 Å². The van der Waals surface area contributed by atoms with Crippen molar-refractivity contribution >= 4 is 11.8 Å². The van der Waals surface area contributed by atoms with Crippen molar-refractivity contribution in [2.75, 3.05) is 13.1 Å². The van der Waals surface area contributed by atoms with Crippen LogP contribution in [0.15, 0.2) is 60.7 Å². The highest BCUT2D eigenvalue weighted by Crippen LogP contribution is 2.42. The Morgan fingerprint density at radius 1 is 0.852 bits per heavy atom. The lowest BCUT2D eigenvalue weighted by Crippen LogP contribution is -2.44. The Kier molecular flexibility index (Phi) is 5.05. The summed E-state index contributed by atoms with van der Waals surface area (Å²) in [5.74, 6) is -0.379. The van der Waals surface area contributed by atoms with Gasteiger partial charge in [-0.1, -0.05) is 60.7 Å². The molecular weight excluding hydrogens is 340 g/mol. The lowest BCUT2D eigenvalue weighted by molar-refractivity contribution is -0.194. The molecular formula is C22H24N2O3. The van der Waals surface area contributed by atoms with Crippen LogP contribution in [-0.4, -0.2) is 34.9 Å². The number of hydrogen-bond donors (Lipinski definition) is 0. The maximum atomic E-state index is 12.9. The second-order valence-electron chi connectivity index (χ2n) is 7.47. The molecule has 2 fully saturated rings. The first-order valence-electron chi connectivity index (χ1n) is 9.47. The number of hydroxylamine groups is 2. The van der Waals surface area contributed by atoms with Gasteiger partial charge in [-0.25, -0.2) is 0 Å². The quantitative estimate of drug-likeness (QED) is 0.765. The molecule has 2 heterocycles. The summed E-state index contributed by atoms with van der Waals surface area (Å²) in [5.41, 5.74) is 1.63. The standard InChI is InChI=1S/C22H24N2O3/c25-20-15-22(21(26)24(20)27-17-19-9-5-2-6-10-19)11-13-23(14-12-22)16-18-7-3-1-4-8-18/h1-10H,11-17H2. The number of imide groups is 1. The molecule has 2 aliphatic rings. The summed E-state index contributed by atoms with van der Waals surface area (Å²) in [6.07, 6.45) is 1.67. The van der Waals surface area contributed by atoms with E-state index in [1.165, 1.54) is 5.56 Å². The van der Waals surface area contributed by atoms with Gasteiger partial charge in [-0.2, -0.15) is 5.06 Å². The fourth-order valence-corrected chi connectivity index (χ4v) is 3.98. The Labute approximate surface area is 159 Å². The zero-order valence-corrected chi connectivity index (χ0v) is 15.3. The molecule has 27 heavy (non-hydrogen) atoms. The lowest BCUT2D eigenvalue weighted by atomic mass is 9.77. The second-order valence-corrected chi connectivity index (χ2v) is 7.47. The fraction of sp³-hybridized carbons (Fsp3) is 0.364. The molecule has 0 radical (unpaired) electrons. The van der Waals surface area contributed by atoms with Crippen LogP contribution in [0, 0.1) is 5.41 Å². The van der Waals surface area contributed by atoms with Crippen molar-refractivity contribution in [2.24, 2.45) is 5.41 Å². The first-order valence-corrected chi connectivity index (χ1v) is 9.47. The molecule has 0 aliphatic carbocycles. The van der Waals surface area contributed by atoms with E-state index < -0.39 is 5.41 Å². The predicted octanol–water partition coefficient (Wildman–Crippen LogP) is 3.16. The molecule has 0 bridgehead atoms. The molecule has 0 unspecified atom stereocenters. The van der Waals surface area contributed by atoms with Crippen LogP contribution in [0.2, 0.25) is 0 Å². The average molecular weight is 364 g/mol. The van der Waals surface area contributed by atoms with Gasteiger partial charge in [0.1, 0.15) is 6.61 Å². The summed E-state index contributed by atoms with van der Waals surface area (Å²) in [6, 6.07) is 19.9. The minimum atomic E-state index is -0.582. The molecule has 2 aromatic carbocycles. The van der Waals surface area contributed by atoms with E-state index in [-0.39, 0.29) is 24.8 Å². The first kappa shape index (κ1) is 17.9. The van der Waals surface area contributed by atoms with Crippen LogP contribution < -0.4 is 0 Å². The van der Waals surface area contributed by atoms with Crippen molar-refractivity contribution in [2.45, 2.75) is 32.4 Å². The van der Waals surface area contributed by atoms with Gasteiger partial charge in [0.2, 0.25) is 0 Å². The van der Waals surface area contributed by atoms with E-state index in [0.717, 1.165) is 30.3 Å². The van der Waals surface area contributed by atoms with Crippen molar-refractivity contribution < 1.29 is 14.4 Å². The summed E-state index contributed by atoms with van der Waals surface area (Å²) in [7, 11) is 0. The third kappa shape index (κ3) is 3.80. The van der Waals surface area contributed by atoms with E-state index >= 15 is 0 Å². The van der Waals surface area contributed by atoms with Gasteiger partial charge in [-0.3, -0.25) is 19.3 Å². The van der Waals surface area contributed by atoms with E-state index in [4.69, 9.17) is 4.84 Å². The molecule has 140 valence electrons. The van der Waals surface area contributed by atoms with Gasteiger partial charge in [0.05, 0.1) is 5.41 Å². The Morgan fingerprint density at radius 3 is 2.07 bits per heavy atom. The summed E-state index contributed by atoms with van der Waals surface area (Å²) < 4.78 is 0. The molecule has 2 amide bonds. The number of piperidine rings is 1. The Balaban J connectivity index is 1.35. The minimum absolute atomic E-state index is 0.164. The van der Waals surface area contributed by atoms with Gasteiger partial charge in [-0.15, -0.1) is 0 Å². The van der Waals surface area contributed by atoms with Crippen molar-refractivity contribution in [1.29, 1.82) is 0 Å². The molecule has 0 saturated carbocycles. The molecule has 2 saturated heterocycles. The molecule has 0 N–H and O–H groups in total. The molecule has 5 nitrogen and oxygen atoms in total. The van der Waals surface area contributed by atoms with E-state index in [1.807, 2.05) is 48.5 Å². The molecule has 2 aliphatic heterocycles. The van der Waals surface area contributed by atoms with E-state index in [1.54, 1.807) is 0 Å². The third-order valence-corrected chi connectivity index (χ3v) is 5.62. The van der Waals surface area contributed by atoms with Gasteiger partial charge in [0.15, 0.2) is 0 Å². The molecule has 1 spiro atoms. The number of carbonyl (C=O) groups excluding carboxylic acids is 2. The van der Waals surface area contributed by atoms with Crippen LogP contribution in [0.1, 0.15) is 30.4 Å². The largest absolute Gasteiger partial charge is 0.299 e. The molecule has 4 rings (SSSR count). The normalized spacial score (nSPS) is 19.8. The van der Waals surface area contributed by atoms with Gasteiger partial charge in [0.25, 0.3) is 11.8 Å². The van der Waals surface area contributed by atoms with Gasteiger partial charge < -0.3 is 0 Å². The zero-order valence-electron chi connectivity index (χ0n) is 15.3. The number of hydrogen-bond acceptors (Lipinski definition) is 4. The van der Waals surface area contributed by atoms with Crippen molar-refractivity contribution in [3.8, 4) is 0 Å². The van der Waals surface area contributed by atoms with Gasteiger partial charge in [0, 0.05) is 13.0 Å². The smallest absolute Gasteiger partial charge is 0.260 e. The highest BCUT2D eigenvalue weighted by Gasteiger charge is 2.53. The Bertz CT molecular complexity index is 799. The average Bonchev–Trinajstić information content (AvgIpc) is 2.93. The van der Waals surface area contributed by atoms with Crippen LogP contribution in [0.3, 0.4) is 0 Å². The van der Waals surface area contributed by atoms with Crippen molar-refractivity contribution in [3.63, 3.8) is 0 Å². The number of likely N-dealkylation sites (tertiary alicyclic amines) is 1. The van der Waals surface area contributed by atoms with Crippen LogP contribution in [0.4, 0.5) is 0 Å². The summed E-state index contributed by atoms with van der Waals surface area (Å²) in [5, 5.41) is 1.01. The van der Waals surface area contributed by atoms with Crippen molar-refractivity contribution in [1.82, 2.24) is 9.96 Å². The predicted molar refractivity (Wildman–Crippen MR) is 101 cm³/mol. The number of nitrogens with zero attached hydrogens (tertiary/aromatic N) is 2. The number of carbonyl (C=O) groups is 2. The Hall–Kier alpha value is -2.50. The topological polar surface area (TPSA) is 49.9 Å². The number of benzene rings is 2. The first-order chi connectivity index (χ1) is 13.2. The maximum Gasteiger partial charge on any atom is 0.260 e. The van der Waals surface area contributed by atoms with E-state index in [9.17, 15) is 9.59 Å². The van der Waals surface area contributed by atoms with Crippen LogP contribution >= 0.6 is 0 Å². The van der Waals surface area contributed by atoms with Crippen molar-refractivity contribution in [3.05, 3.63) is 71.8 Å². The zero-order chi connectivity index (χ0) is 18.7. The Morgan fingerprint density at radius 2 is 1.44 bits per heavy atom. The van der Waals surface area contributed by atoms with Crippen LogP contribution in [-0.2, 0) is 27.6 Å². The summed E-state index contributed by atoms with van der Waals surface area (Å²) in [6.45, 7) is 2.75. The van der Waals surface area contributed by atoms with Crippen LogP contribution in [0.25, 0.3) is 0 Å². The molecule has 0 aromatic heterocycles. The molecule has 0 atom stereocenters. The summed E-state index contributed by atoms with van der Waals surface area (Å²) >= 11 is 0. The van der Waals surface area contributed by atoms with E-state index in [2.05, 4.69) is 17.0 Å². The second kappa shape index (κ2) is 7.62. The number of amides is 2. The third-order valence-electron chi connectivity index (χ3n) is 5.62. The number of rotatable bonds is 5. The van der Waals surface area contributed by atoms with Crippen LogP contribution in [0.5, 0.6) is 0 Å². The summed E-state index contributed by atoms with van der Waals surface area (Å²) in [4.78, 5) is 33.3. The monoisotopic (exact) mass is 364 g/mol. The fourth-order valence-electron chi connectivity index (χ4n) is 3.98. The maximum absolute atomic E-state index is 12.9. The molecule has 5 heteroatoms. The minimum Gasteiger partial charge on any atom is -0.299 e. The lowest BCUT2D eigenvalue weighted by Gasteiger charge is -2.37. The highest BCUT2D eigenvalue weighted by molar-refractivity contribution is 6.04. The SMILES string of the molecule is O=C1CC2(CCN(Cc3ccccc3)CC2)C(=O)N1OCc1ccccc1.